The van der Waals surface area contributed by atoms with Gasteiger partial charge in [0.05, 0.1) is 19.3 Å². The zero-order valence-corrected chi connectivity index (χ0v) is 9.80. The van der Waals surface area contributed by atoms with Crippen LogP contribution in [0.15, 0.2) is 0 Å². The topological polar surface area (TPSA) is 107 Å². The van der Waals surface area contributed by atoms with Crippen molar-refractivity contribution in [1.82, 2.24) is 4.90 Å². The van der Waals surface area contributed by atoms with Crippen LogP contribution in [0.1, 0.15) is 6.92 Å². The Morgan fingerprint density at radius 3 is 2.69 bits per heavy atom. The molecule has 1 aliphatic rings. The van der Waals surface area contributed by atoms with E-state index in [0.717, 1.165) is 0 Å². The predicted molar refractivity (Wildman–Crippen MR) is 55.4 cm³/mol. The van der Waals surface area contributed by atoms with E-state index in [9.17, 15) is 18.6 Å². The summed E-state index contributed by atoms with van der Waals surface area (Å²) in [6.45, 7) is 2.54. The highest BCUT2D eigenvalue weighted by Crippen LogP contribution is 2.13. The molecule has 1 saturated heterocycles. The van der Waals surface area contributed by atoms with E-state index in [-0.39, 0.29) is 6.61 Å². The molecule has 0 spiro atoms. The van der Waals surface area contributed by atoms with Gasteiger partial charge in [0.2, 0.25) is 0 Å². The van der Waals surface area contributed by atoms with Crippen molar-refractivity contribution < 1.29 is 27.9 Å². The molecular formula is C8H17NO6S. The Kier molecular flexibility index (Phi) is 4.65. The summed E-state index contributed by atoms with van der Waals surface area (Å²) in [4.78, 5) is 1.54. The van der Waals surface area contributed by atoms with E-state index in [2.05, 4.69) is 0 Å². The van der Waals surface area contributed by atoms with E-state index in [0.29, 0.717) is 13.2 Å². The Morgan fingerprint density at radius 2 is 2.19 bits per heavy atom. The second-order valence-electron chi connectivity index (χ2n) is 3.85. The van der Waals surface area contributed by atoms with Crippen LogP contribution in [0.5, 0.6) is 0 Å². The lowest BCUT2D eigenvalue weighted by molar-refractivity contribution is -0.133. The van der Waals surface area contributed by atoms with Crippen LogP contribution in [0.2, 0.25) is 0 Å². The maximum absolute atomic E-state index is 10.6. The van der Waals surface area contributed by atoms with Gasteiger partial charge >= 0.3 is 0 Å². The van der Waals surface area contributed by atoms with Gasteiger partial charge in [-0.2, -0.15) is 8.42 Å². The van der Waals surface area contributed by atoms with Gasteiger partial charge in [-0.1, -0.05) is 0 Å². The van der Waals surface area contributed by atoms with Crippen LogP contribution in [0.4, 0.5) is 0 Å². The molecule has 0 aliphatic carbocycles. The molecule has 3 atom stereocenters. The average molecular weight is 255 g/mol. The van der Waals surface area contributed by atoms with Gasteiger partial charge < -0.3 is 14.9 Å². The first-order valence-electron chi connectivity index (χ1n) is 4.96. The highest BCUT2D eigenvalue weighted by molar-refractivity contribution is 7.85. The molecule has 3 unspecified atom stereocenters. The number of aliphatic hydroxyl groups is 2. The van der Waals surface area contributed by atoms with Gasteiger partial charge in [-0.25, -0.2) is 0 Å². The average Bonchev–Trinajstić information content (AvgIpc) is 2.15. The highest BCUT2D eigenvalue weighted by Gasteiger charge is 2.31. The van der Waals surface area contributed by atoms with Crippen LogP contribution in [0, 0.1) is 0 Å². The van der Waals surface area contributed by atoms with E-state index in [4.69, 9.17) is 9.29 Å². The SMILES string of the molecule is CC(C(O)CS(=O)(=O)O)N1CCOCC1O. The zero-order chi connectivity index (χ0) is 12.3. The van der Waals surface area contributed by atoms with E-state index in [1.807, 2.05) is 0 Å². The first-order valence-corrected chi connectivity index (χ1v) is 6.57. The first kappa shape index (κ1) is 13.8. The number of nitrogens with zero attached hydrogens (tertiary/aromatic N) is 1. The molecule has 1 fully saturated rings. The van der Waals surface area contributed by atoms with E-state index < -0.39 is 34.2 Å². The van der Waals surface area contributed by atoms with Gasteiger partial charge in [0.25, 0.3) is 10.1 Å². The zero-order valence-electron chi connectivity index (χ0n) is 8.98. The normalized spacial score (nSPS) is 27.6. The Labute approximate surface area is 94.4 Å². The molecule has 0 saturated carbocycles. The Hall–Kier alpha value is -0.250. The molecule has 1 heterocycles. The molecule has 7 nitrogen and oxygen atoms in total. The van der Waals surface area contributed by atoms with E-state index >= 15 is 0 Å². The standard InChI is InChI=1S/C8H17NO6S/c1-6(7(10)5-16(12,13)14)9-2-3-15-4-8(9)11/h6-8,10-11H,2-5H2,1H3,(H,12,13,14). The molecule has 0 amide bonds. The van der Waals surface area contributed by atoms with Crippen molar-refractivity contribution in [2.75, 3.05) is 25.5 Å². The molecule has 0 aromatic carbocycles. The summed E-state index contributed by atoms with van der Waals surface area (Å²) in [6, 6.07) is -0.569. The van der Waals surface area contributed by atoms with Crippen LogP contribution < -0.4 is 0 Å². The highest BCUT2D eigenvalue weighted by atomic mass is 32.2. The van der Waals surface area contributed by atoms with Crippen LogP contribution >= 0.6 is 0 Å². The van der Waals surface area contributed by atoms with Crippen LogP contribution in [0.25, 0.3) is 0 Å². The summed E-state index contributed by atoms with van der Waals surface area (Å²) < 4.78 is 34.8. The fourth-order valence-corrected chi connectivity index (χ4v) is 2.36. The summed E-state index contributed by atoms with van der Waals surface area (Å²) in [5.41, 5.74) is 0. The number of rotatable bonds is 4. The number of hydrogen-bond donors (Lipinski definition) is 3. The minimum atomic E-state index is -4.21. The van der Waals surface area contributed by atoms with Crippen LogP contribution in [0.3, 0.4) is 0 Å². The van der Waals surface area contributed by atoms with Crippen molar-refractivity contribution in [3.05, 3.63) is 0 Å². The number of hydrogen-bond acceptors (Lipinski definition) is 6. The molecule has 16 heavy (non-hydrogen) atoms. The lowest BCUT2D eigenvalue weighted by atomic mass is 10.1. The van der Waals surface area contributed by atoms with Gasteiger partial charge in [0, 0.05) is 12.6 Å². The summed E-state index contributed by atoms with van der Waals surface area (Å²) in [5, 5.41) is 19.2. The second kappa shape index (κ2) is 5.39. The summed E-state index contributed by atoms with van der Waals surface area (Å²) in [6.07, 6.45) is -2.11. The second-order valence-corrected chi connectivity index (χ2v) is 5.35. The van der Waals surface area contributed by atoms with Crippen LogP contribution in [-0.2, 0) is 14.9 Å². The fraction of sp³-hybridized carbons (Fsp3) is 1.00. The molecule has 0 aromatic rings. The van der Waals surface area contributed by atoms with Crippen molar-refractivity contribution in [1.29, 1.82) is 0 Å². The Bertz CT molecular complexity index is 318. The minimum absolute atomic E-state index is 0.128. The third kappa shape index (κ3) is 3.96. The van der Waals surface area contributed by atoms with Gasteiger partial charge in [-0.05, 0) is 6.92 Å². The molecule has 3 N–H and O–H groups in total. The lowest BCUT2D eigenvalue weighted by Gasteiger charge is -2.38. The summed E-state index contributed by atoms with van der Waals surface area (Å²) in [5.74, 6) is -0.738. The maximum Gasteiger partial charge on any atom is 0.267 e. The molecular weight excluding hydrogens is 238 g/mol. The van der Waals surface area contributed by atoms with Crippen molar-refractivity contribution in [2.45, 2.75) is 25.3 Å². The molecule has 1 aliphatic heterocycles. The smallest absolute Gasteiger partial charge is 0.267 e. The first-order chi connectivity index (χ1) is 7.31. The van der Waals surface area contributed by atoms with Crippen molar-refractivity contribution >= 4 is 10.1 Å². The Balaban J connectivity index is 2.58. The third-order valence-electron chi connectivity index (χ3n) is 2.60. The third-order valence-corrected chi connectivity index (χ3v) is 3.37. The molecule has 0 radical (unpaired) electrons. The largest absolute Gasteiger partial charge is 0.390 e. The molecule has 1 rings (SSSR count). The summed E-state index contributed by atoms with van der Waals surface area (Å²) >= 11 is 0. The quantitative estimate of drug-likeness (QED) is 0.512. The van der Waals surface area contributed by atoms with E-state index in [1.165, 1.54) is 0 Å². The van der Waals surface area contributed by atoms with Crippen molar-refractivity contribution in [3.63, 3.8) is 0 Å². The number of ether oxygens (including phenoxy) is 1. The van der Waals surface area contributed by atoms with Crippen LogP contribution in [-0.4, -0.2) is 72.0 Å². The minimum Gasteiger partial charge on any atom is -0.390 e. The lowest BCUT2D eigenvalue weighted by Crippen LogP contribution is -2.54. The van der Waals surface area contributed by atoms with Crippen molar-refractivity contribution in [3.8, 4) is 0 Å². The molecule has 96 valence electrons. The predicted octanol–water partition coefficient (Wildman–Crippen LogP) is -1.73. The monoisotopic (exact) mass is 255 g/mol. The number of morpholine rings is 1. The Morgan fingerprint density at radius 1 is 1.56 bits per heavy atom. The fourth-order valence-electron chi connectivity index (χ4n) is 1.65. The maximum atomic E-state index is 10.6. The van der Waals surface area contributed by atoms with Gasteiger partial charge in [-0.3, -0.25) is 9.45 Å². The van der Waals surface area contributed by atoms with E-state index in [1.54, 1.807) is 11.8 Å². The molecule has 0 aromatic heterocycles. The van der Waals surface area contributed by atoms with Gasteiger partial charge in [0.1, 0.15) is 12.0 Å². The summed E-state index contributed by atoms with van der Waals surface area (Å²) in [7, 11) is -4.21. The van der Waals surface area contributed by atoms with Crippen molar-refractivity contribution in [2.24, 2.45) is 0 Å². The van der Waals surface area contributed by atoms with Gasteiger partial charge in [-0.15, -0.1) is 0 Å². The van der Waals surface area contributed by atoms with Gasteiger partial charge in [0.15, 0.2) is 0 Å². The molecule has 8 heteroatoms. The molecule has 0 bridgehead atoms. The number of aliphatic hydroxyl groups excluding tert-OH is 2.